The summed E-state index contributed by atoms with van der Waals surface area (Å²) in [6.07, 6.45) is 6.26. The van der Waals surface area contributed by atoms with Crippen molar-refractivity contribution in [1.29, 1.82) is 0 Å². The third-order valence-corrected chi connectivity index (χ3v) is 4.83. The van der Waals surface area contributed by atoms with Gasteiger partial charge in [-0.05, 0) is 25.3 Å². The fourth-order valence-corrected chi connectivity index (χ4v) is 3.24. The van der Waals surface area contributed by atoms with Crippen LogP contribution in [-0.4, -0.2) is 38.6 Å². The van der Waals surface area contributed by atoms with Gasteiger partial charge in [-0.25, -0.2) is 24.1 Å². The molecule has 0 aromatic carbocycles. The smallest absolute Gasteiger partial charge is 0.331 e. The third kappa shape index (κ3) is 2.66. The molecule has 4 rings (SSSR count). The van der Waals surface area contributed by atoms with Gasteiger partial charge in [-0.15, -0.1) is 0 Å². The molecule has 0 saturated heterocycles. The van der Waals surface area contributed by atoms with Gasteiger partial charge in [0.25, 0.3) is 0 Å². The maximum atomic E-state index is 14.3. The van der Waals surface area contributed by atoms with Crippen LogP contribution in [0.3, 0.4) is 0 Å². The minimum atomic E-state index is -0.938. The van der Waals surface area contributed by atoms with Crippen molar-refractivity contribution in [2.75, 3.05) is 12.4 Å². The summed E-state index contributed by atoms with van der Waals surface area (Å²) in [7, 11) is 1.31. The highest BCUT2D eigenvalue weighted by atomic mass is 35.5. The normalized spacial score (nSPS) is 15.5. The van der Waals surface area contributed by atoms with Crippen LogP contribution in [-0.2, 0) is 9.53 Å². The first-order chi connectivity index (χ1) is 12.5. The van der Waals surface area contributed by atoms with Gasteiger partial charge in [0.2, 0.25) is 0 Å². The highest BCUT2D eigenvalue weighted by Crippen LogP contribution is 2.37. The molecule has 3 heterocycles. The zero-order valence-corrected chi connectivity index (χ0v) is 14.6. The van der Waals surface area contributed by atoms with E-state index >= 15 is 0 Å². The lowest BCUT2D eigenvalue weighted by molar-refractivity contribution is -0.149. The van der Waals surface area contributed by atoms with E-state index in [4.69, 9.17) is 16.3 Å². The monoisotopic (exact) mass is 375 g/mol. The molecule has 0 unspecified atom stereocenters. The zero-order chi connectivity index (χ0) is 18.3. The first-order valence-electron chi connectivity index (χ1n) is 8.04. The molecule has 3 aromatic heterocycles. The van der Waals surface area contributed by atoms with Crippen molar-refractivity contribution in [3.63, 3.8) is 0 Å². The number of halogens is 2. The second kappa shape index (κ2) is 6.21. The largest absolute Gasteiger partial charge is 0.467 e. The molecular weight excluding hydrogens is 361 g/mol. The molecule has 1 fully saturated rings. The Labute approximate surface area is 153 Å². The number of H-pyrrole nitrogens is 1. The quantitative estimate of drug-likeness (QED) is 0.679. The van der Waals surface area contributed by atoms with E-state index in [1.54, 1.807) is 12.3 Å². The Hall–Kier alpha value is -2.74. The highest BCUT2D eigenvalue weighted by molar-refractivity contribution is 6.31. The molecule has 134 valence electrons. The molecule has 7 nitrogen and oxygen atoms in total. The van der Waals surface area contributed by atoms with Gasteiger partial charge >= 0.3 is 5.97 Å². The van der Waals surface area contributed by atoms with E-state index in [1.165, 1.54) is 13.3 Å². The van der Waals surface area contributed by atoms with E-state index in [9.17, 15) is 9.18 Å². The highest BCUT2D eigenvalue weighted by Gasteiger charge is 2.46. The van der Waals surface area contributed by atoms with E-state index in [0.29, 0.717) is 34.9 Å². The minimum absolute atomic E-state index is 0.0376. The first kappa shape index (κ1) is 16.7. The number of carbonyl (C=O) groups excluding carboxylic acids is 1. The molecule has 2 N–H and O–H groups in total. The first-order valence-corrected chi connectivity index (χ1v) is 8.42. The molecule has 1 aliphatic carbocycles. The Balaban J connectivity index is 1.74. The van der Waals surface area contributed by atoms with Crippen LogP contribution in [0.1, 0.15) is 19.3 Å². The minimum Gasteiger partial charge on any atom is -0.467 e. The van der Waals surface area contributed by atoms with E-state index in [2.05, 4.69) is 25.3 Å². The fourth-order valence-electron chi connectivity index (χ4n) is 3.08. The second-order valence-corrected chi connectivity index (χ2v) is 6.63. The van der Waals surface area contributed by atoms with Gasteiger partial charge < -0.3 is 15.0 Å². The lowest BCUT2D eigenvalue weighted by atomic mass is 9.76. The number of methoxy groups -OCH3 is 1. The molecule has 0 bridgehead atoms. The van der Waals surface area contributed by atoms with Crippen molar-refractivity contribution < 1.29 is 13.9 Å². The van der Waals surface area contributed by atoms with Crippen LogP contribution < -0.4 is 5.32 Å². The van der Waals surface area contributed by atoms with Crippen LogP contribution in [0.15, 0.2) is 24.7 Å². The summed E-state index contributed by atoms with van der Waals surface area (Å²) in [5, 5.41) is 4.11. The number of anilines is 1. The number of nitrogens with zero attached hydrogens (tertiary/aromatic N) is 3. The van der Waals surface area contributed by atoms with Crippen LogP contribution in [0.5, 0.6) is 0 Å². The van der Waals surface area contributed by atoms with E-state index in [-0.39, 0.29) is 5.82 Å². The number of fused-ring (bicyclic) bond motifs is 1. The van der Waals surface area contributed by atoms with Gasteiger partial charge in [-0.2, -0.15) is 0 Å². The lowest BCUT2D eigenvalue weighted by Gasteiger charge is -2.39. The molecular formula is C17H15ClFN5O2. The number of carbonyl (C=O) groups is 1. The Morgan fingerprint density at radius 3 is 2.88 bits per heavy atom. The Bertz CT molecular complexity index is 1000. The molecule has 0 atom stereocenters. The van der Waals surface area contributed by atoms with Crippen LogP contribution in [0.25, 0.3) is 22.4 Å². The molecule has 1 aliphatic rings. The molecule has 0 amide bonds. The molecule has 9 heteroatoms. The molecule has 3 aromatic rings. The van der Waals surface area contributed by atoms with Crippen molar-refractivity contribution in [2.24, 2.45) is 0 Å². The Kier molecular flexibility index (Phi) is 3.99. The van der Waals surface area contributed by atoms with Gasteiger partial charge in [0, 0.05) is 23.3 Å². The number of nitrogens with one attached hydrogen (secondary N) is 2. The lowest BCUT2D eigenvalue weighted by Crippen LogP contribution is -2.53. The number of aromatic nitrogens is 4. The van der Waals surface area contributed by atoms with Gasteiger partial charge in [-0.3, -0.25) is 0 Å². The van der Waals surface area contributed by atoms with Crippen molar-refractivity contribution in [3.05, 3.63) is 35.5 Å². The van der Waals surface area contributed by atoms with Crippen LogP contribution >= 0.6 is 11.6 Å². The Morgan fingerprint density at radius 2 is 2.19 bits per heavy atom. The molecule has 26 heavy (non-hydrogen) atoms. The summed E-state index contributed by atoms with van der Waals surface area (Å²) in [6.45, 7) is 0. The predicted molar refractivity (Wildman–Crippen MR) is 94.3 cm³/mol. The molecule has 0 spiro atoms. The summed E-state index contributed by atoms with van der Waals surface area (Å²) in [4.78, 5) is 27.6. The standard InChI is InChI=1S/C17H15ClFN5O2/c1-26-16(25)17(3-2-4-17)24-15-12(19)8-22-14(23-15)11-7-21-13-10(11)5-9(18)6-20-13/h5-8H,2-4H2,1H3,(H,20,21)(H,22,23,24). The van der Waals surface area contributed by atoms with Crippen molar-refractivity contribution >= 4 is 34.4 Å². The maximum absolute atomic E-state index is 14.3. The SMILES string of the molecule is COC(=O)C1(Nc2nc(-c3c[nH]c4ncc(Cl)cc34)ncc2F)CCC1. The number of aromatic amines is 1. The summed E-state index contributed by atoms with van der Waals surface area (Å²) >= 11 is 6.01. The number of pyridine rings is 1. The molecule has 0 radical (unpaired) electrons. The summed E-state index contributed by atoms with van der Waals surface area (Å²) in [5.74, 6) is -0.806. The van der Waals surface area contributed by atoms with Crippen LogP contribution in [0.4, 0.5) is 10.2 Å². The summed E-state index contributed by atoms with van der Waals surface area (Å²) < 4.78 is 19.1. The van der Waals surface area contributed by atoms with Gasteiger partial charge in [0.05, 0.1) is 18.3 Å². The predicted octanol–water partition coefficient (Wildman–Crippen LogP) is 3.32. The fraction of sp³-hybridized carbons (Fsp3) is 0.294. The number of hydrogen-bond acceptors (Lipinski definition) is 6. The third-order valence-electron chi connectivity index (χ3n) is 4.62. The van der Waals surface area contributed by atoms with E-state index in [1.807, 2.05) is 0 Å². The van der Waals surface area contributed by atoms with Gasteiger partial charge in [-0.1, -0.05) is 11.6 Å². The summed E-state index contributed by atoms with van der Waals surface area (Å²) in [6, 6.07) is 1.73. The number of esters is 1. The number of hydrogen-bond donors (Lipinski definition) is 2. The van der Waals surface area contributed by atoms with Crippen molar-refractivity contribution in [3.8, 4) is 11.4 Å². The number of rotatable bonds is 4. The van der Waals surface area contributed by atoms with Crippen LogP contribution in [0, 0.1) is 5.82 Å². The van der Waals surface area contributed by atoms with Crippen molar-refractivity contribution in [1.82, 2.24) is 19.9 Å². The Morgan fingerprint density at radius 1 is 1.38 bits per heavy atom. The molecule has 0 aliphatic heterocycles. The average Bonchev–Trinajstić information content (AvgIpc) is 3.02. The van der Waals surface area contributed by atoms with E-state index in [0.717, 1.165) is 18.0 Å². The van der Waals surface area contributed by atoms with Gasteiger partial charge in [0.15, 0.2) is 17.5 Å². The summed E-state index contributed by atoms with van der Waals surface area (Å²) in [5.41, 5.74) is 0.322. The van der Waals surface area contributed by atoms with Crippen LogP contribution in [0.2, 0.25) is 5.02 Å². The zero-order valence-electron chi connectivity index (χ0n) is 13.8. The topological polar surface area (TPSA) is 92.8 Å². The molecule has 1 saturated carbocycles. The van der Waals surface area contributed by atoms with Gasteiger partial charge in [0.1, 0.15) is 11.2 Å². The van der Waals surface area contributed by atoms with Crippen molar-refractivity contribution in [2.45, 2.75) is 24.8 Å². The average molecular weight is 376 g/mol. The second-order valence-electron chi connectivity index (χ2n) is 6.19. The number of ether oxygens (including phenoxy) is 1. The maximum Gasteiger partial charge on any atom is 0.331 e. The van der Waals surface area contributed by atoms with E-state index < -0.39 is 17.3 Å².